The average Bonchev–Trinajstić information content (AvgIpc) is 2.59. The van der Waals surface area contributed by atoms with Crippen molar-refractivity contribution in [2.45, 2.75) is 9.79 Å². The van der Waals surface area contributed by atoms with Gasteiger partial charge >= 0.3 is 0 Å². The highest BCUT2D eigenvalue weighted by atomic mass is 33.1. The van der Waals surface area contributed by atoms with Gasteiger partial charge in [-0.15, -0.1) is 0 Å². The highest BCUT2D eigenvalue weighted by Gasteiger charge is 2.09. The Labute approximate surface area is 136 Å². The Morgan fingerprint density at radius 2 is 1.18 bits per heavy atom. The van der Waals surface area contributed by atoms with Gasteiger partial charge < -0.3 is 9.47 Å². The Hall–Kier alpha value is -1.92. The molecule has 6 heteroatoms. The van der Waals surface area contributed by atoms with Gasteiger partial charge in [0.2, 0.25) is 0 Å². The molecule has 0 N–H and O–H groups in total. The monoisotopic (exact) mass is 334 g/mol. The summed E-state index contributed by atoms with van der Waals surface area (Å²) in [5.74, 6) is 1.35. The first kappa shape index (κ1) is 16.5. The van der Waals surface area contributed by atoms with Crippen LogP contribution in [0.4, 0.5) is 0 Å². The molecule has 0 aliphatic rings. The molecule has 2 rings (SSSR count). The molecule has 0 unspecified atom stereocenters. The van der Waals surface area contributed by atoms with Crippen LogP contribution >= 0.6 is 21.6 Å². The zero-order chi connectivity index (χ0) is 15.9. The van der Waals surface area contributed by atoms with Crippen LogP contribution in [0.2, 0.25) is 0 Å². The molecule has 4 nitrogen and oxygen atoms in total. The molecule has 0 aliphatic heterocycles. The first-order valence-corrected chi connectivity index (χ1v) is 8.47. The van der Waals surface area contributed by atoms with E-state index in [1.165, 1.54) is 21.6 Å². The second kappa shape index (κ2) is 7.91. The lowest BCUT2D eigenvalue weighted by Gasteiger charge is -2.09. The van der Waals surface area contributed by atoms with E-state index in [1.807, 2.05) is 0 Å². The summed E-state index contributed by atoms with van der Waals surface area (Å²) in [5.41, 5.74) is 1.16. The van der Waals surface area contributed by atoms with E-state index in [0.717, 1.165) is 22.4 Å². The third-order valence-electron chi connectivity index (χ3n) is 2.92. The summed E-state index contributed by atoms with van der Waals surface area (Å²) in [4.78, 5) is 23.8. The van der Waals surface area contributed by atoms with Gasteiger partial charge in [0, 0.05) is 20.9 Å². The van der Waals surface area contributed by atoms with E-state index in [9.17, 15) is 9.59 Å². The van der Waals surface area contributed by atoms with Crippen LogP contribution in [0.5, 0.6) is 11.5 Å². The number of benzene rings is 2. The smallest absolute Gasteiger partial charge is 0.151 e. The van der Waals surface area contributed by atoms with Crippen molar-refractivity contribution in [3.63, 3.8) is 0 Å². The molecule has 0 fully saturated rings. The maximum atomic E-state index is 11.1. The fourth-order valence-electron chi connectivity index (χ4n) is 1.71. The second-order valence-electron chi connectivity index (χ2n) is 4.21. The van der Waals surface area contributed by atoms with Crippen molar-refractivity contribution < 1.29 is 19.1 Å². The summed E-state index contributed by atoms with van der Waals surface area (Å²) in [5, 5.41) is 0. The van der Waals surface area contributed by atoms with E-state index in [2.05, 4.69) is 0 Å². The Bertz CT molecular complexity index is 626. The van der Waals surface area contributed by atoms with Crippen LogP contribution < -0.4 is 9.47 Å². The first-order chi connectivity index (χ1) is 10.7. The SMILES string of the molecule is COc1ccc(C=O)c(SSc2cc(OC)ccc2C=O)c1. The van der Waals surface area contributed by atoms with Crippen LogP contribution in [-0.2, 0) is 0 Å². The lowest BCUT2D eigenvalue weighted by molar-refractivity contribution is 0.111. The van der Waals surface area contributed by atoms with E-state index in [4.69, 9.17) is 9.47 Å². The number of carbonyl (C=O) groups excluding carboxylic acids is 2. The second-order valence-corrected chi connectivity index (χ2v) is 6.42. The summed E-state index contributed by atoms with van der Waals surface area (Å²) < 4.78 is 10.3. The topological polar surface area (TPSA) is 52.6 Å². The van der Waals surface area contributed by atoms with Crippen molar-refractivity contribution in [3.05, 3.63) is 47.5 Å². The van der Waals surface area contributed by atoms with Crippen molar-refractivity contribution in [3.8, 4) is 11.5 Å². The van der Waals surface area contributed by atoms with Crippen molar-refractivity contribution in [2.24, 2.45) is 0 Å². The van der Waals surface area contributed by atoms with E-state index in [0.29, 0.717) is 22.6 Å². The van der Waals surface area contributed by atoms with Crippen LogP contribution in [0, 0.1) is 0 Å². The molecule has 114 valence electrons. The molecule has 0 spiro atoms. The number of methoxy groups -OCH3 is 2. The summed E-state index contributed by atoms with van der Waals surface area (Å²) in [6.45, 7) is 0. The molecular weight excluding hydrogens is 320 g/mol. The van der Waals surface area contributed by atoms with Crippen LogP contribution in [0.3, 0.4) is 0 Å². The Morgan fingerprint density at radius 1 is 0.773 bits per heavy atom. The molecule has 0 bridgehead atoms. The van der Waals surface area contributed by atoms with Crippen molar-refractivity contribution in [1.82, 2.24) is 0 Å². The van der Waals surface area contributed by atoms with Gasteiger partial charge in [-0.05, 0) is 36.4 Å². The Morgan fingerprint density at radius 3 is 1.50 bits per heavy atom. The molecule has 0 amide bonds. The number of ether oxygens (including phenoxy) is 2. The molecule has 0 aromatic heterocycles. The standard InChI is InChI=1S/C16H14O4S2/c1-19-13-5-3-11(9-17)15(7-13)21-22-16-8-14(20-2)6-4-12(16)10-18/h3-10H,1-2H3. The molecule has 0 saturated heterocycles. The molecule has 2 aromatic carbocycles. The lowest BCUT2D eigenvalue weighted by Crippen LogP contribution is -1.89. The van der Waals surface area contributed by atoms with Gasteiger partial charge in [0.25, 0.3) is 0 Å². The fraction of sp³-hybridized carbons (Fsp3) is 0.125. The van der Waals surface area contributed by atoms with Crippen LogP contribution in [0.25, 0.3) is 0 Å². The van der Waals surface area contributed by atoms with Gasteiger partial charge in [0.15, 0.2) is 12.6 Å². The van der Waals surface area contributed by atoms with E-state index >= 15 is 0 Å². The molecule has 0 saturated carbocycles. The molecular formula is C16H14O4S2. The van der Waals surface area contributed by atoms with Crippen LogP contribution in [0.1, 0.15) is 20.7 Å². The first-order valence-electron chi connectivity index (χ1n) is 6.32. The quantitative estimate of drug-likeness (QED) is 0.560. The van der Waals surface area contributed by atoms with Crippen molar-refractivity contribution in [1.29, 1.82) is 0 Å². The van der Waals surface area contributed by atoms with Gasteiger partial charge in [-0.25, -0.2) is 0 Å². The van der Waals surface area contributed by atoms with Crippen molar-refractivity contribution in [2.75, 3.05) is 14.2 Å². The Kier molecular flexibility index (Phi) is 5.91. The van der Waals surface area contributed by atoms with E-state index < -0.39 is 0 Å². The summed E-state index contributed by atoms with van der Waals surface area (Å²) in [6, 6.07) is 10.5. The lowest BCUT2D eigenvalue weighted by atomic mass is 10.2. The molecule has 22 heavy (non-hydrogen) atoms. The number of aldehydes is 2. The predicted octanol–water partition coefficient (Wildman–Crippen LogP) is 4.13. The third kappa shape index (κ3) is 3.84. The normalized spacial score (nSPS) is 10.1. The van der Waals surface area contributed by atoms with E-state index in [1.54, 1.807) is 50.6 Å². The highest BCUT2D eigenvalue weighted by Crippen LogP contribution is 2.42. The molecule has 0 aliphatic carbocycles. The largest absolute Gasteiger partial charge is 0.497 e. The number of rotatable bonds is 7. The van der Waals surface area contributed by atoms with Gasteiger partial charge in [0.05, 0.1) is 14.2 Å². The third-order valence-corrected chi connectivity index (χ3v) is 5.39. The van der Waals surface area contributed by atoms with Crippen LogP contribution in [-0.4, -0.2) is 26.8 Å². The predicted molar refractivity (Wildman–Crippen MR) is 88.5 cm³/mol. The number of hydrogen-bond acceptors (Lipinski definition) is 6. The molecule has 0 radical (unpaired) electrons. The number of carbonyl (C=O) groups is 2. The maximum Gasteiger partial charge on any atom is 0.151 e. The van der Waals surface area contributed by atoms with E-state index in [-0.39, 0.29) is 0 Å². The minimum Gasteiger partial charge on any atom is -0.497 e. The van der Waals surface area contributed by atoms with Gasteiger partial charge in [-0.2, -0.15) is 0 Å². The summed E-state index contributed by atoms with van der Waals surface area (Å²) >= 11 is 0. The van der Waals surface area contributed by atoms with Crippen molar-refractivity contribution >= 4 is 34.2 Å². The maximum absolute atomic E-state index is 11.1. The number of hydrogen-bond donors (Lipinski definition) is 0. The minimum atomic E-state index is 0.578. The zero-order valence-electron chi connectivity index (χ0n) is 12.1. The summed E-state index contributed by atoms with van der Waals surface area (Å²) in [6.07, 6.45) is 1.60. The summed E-state index contributed by atoms with van der Waals surface area (Å²) in [7, 11) is 5.93. The Balaban J connectivity index is 2.26. The van der Waals surface area contributed by atoms with Gasteiger partial charge in [-0.1, -0.05) is 21.6 Å². The fourth-order valence-corrected chi connectivity index (χ4v) is 4.05. The molecule has 0 atom stereocenters. The average molecular weight is 334 g/mol. The minimum absolute atomic E-state index is 0.578. The molecule has 0 heterocycles. The molecule has 2 aromatic rings. The van der Waals surface area contributed by atoms with Gasteiger partial charge in [-0.3, -0.25) is 9.59 Å². The van der Waals surface area contributed by atoms with Gasteiger partial charge in [0.1, 0.15) is 11.5 Å². The van der Waals surface area contributed by atoms with Crippen LogP contribution in [0.15, 0.2) is 46.2 Å². The zero-order valence-corrected chi connectivity index (χ0v) is 13.7. The highest BCUT2D eigenvalue weighted by molar-refractivity contribution is 8.76.